The average molecular weight is 574 g/mol. The van der Waals surface area contributed by atoms with Gasteiger partial charge in [-0.1, -0.05) is 59.8 Å². The first kappa shape index (κ1) is 27.1. The molecule has 0 unspecified atom stereocenters. The largest absolute Gasteiger partial charge is 0.410 e. The van der Waals surface area contributed by atoms with Crippen LogP contribution in [-0.4, -0.2) is 21.6 Å². The lowest BCUT2D eigenvalue weighted by Gasteiger charge is -2.23. The van der Waals surface area contributed by atoms with E-state index in [0.717, 1.165) is 6.07 Å². The summed E-state index contributed by atoms with van der Waals surface area (Å²) in [7, 11) is 0. The van der Waals surface area contributed by atoms with Crippen LogP contribution >= 0.6 is 0 Å². The van der Waals surface area contributed by atoms with Crippen LogP contribution in [0.15, 0.2) is 78.0 Å². The van der Waals surface area contributed by atoms with Crippen molar-refractivity contribution in [2.24, 2.45) is 5.16 Å². The molecule has 10 heteroatoms. The Morgan fingerprint density at radius 3 is 2.00 bits per heavy atom. The number of allylic oxidation sites excluding steroid dienone is 1. The van der Waals surface area contributed by atoms with E-state index in [-0.39, 0.29) is 22.5 Å². The predicted molar refractivity (Wildman–Crippen MR) is 152 cm³/mol. The van der Waals surface area contributed by atoms with E-state index in [1.807, 2.05) is 12.1 Å². The zero-order valence-electron chi connectivity index (χ0n) is 21.8. The lowest BCUT2D eigenvalue weighted by molar-refractivity contribution is 0.321. The van der Waals surface area contributed by atoms with Gasteiger partial charge in [-0.25, -0.2) is 22.5 Å². The van der Waals surface area contributed by atoms with Gasteiger partial charge in [0.2, 0.25) is 0 Å². The van der Waals surface area contributed by atoms with Crippen LogP contribution in [0.3, 0.4) is 0 Å². The number of pyridine rings is 1. The van der Waals surface area contributed by atoms with Crippen molar-refractivity contribution in [2.45, 2.75) is 0 Å². The summed E-state index contributed by atoms with van der Waals surface area (Å²) in [5, 5.41) is 41.0. The van der Waals surface area contributed by atoms with E-state index in [4.69, 9.17) is 15.7 Å². The number of fused-ring (bicyclic) bond motifs is 3. The Labute approximate surface area is 241 Å². The highest BCUT2D eigenvalue weighted by Crippen LogP contribution is 2.40. The highest BCUT2D eigenvalue weighted by Gasteiger charge is 2.31. The van der Waals surface area contributed by atoms with Crippen LogP contribution < -0.4 is 0 Å². The van der Waals surface area contributed by atoms with E-state index in [1.165, 1.54) is 18.2 Å². The molecule has 43 heavy (non-hydrogen) atoms. The summed E-state index contributed by atoms with van der Waals surface area (Å²) in [5.74, 6) is -7.12. The topological polar surface area (TPSA) is 117 Å². The van der Waals surface area contributed by atoms with Crippen molar-refractivity contribution >= 4 is 34.0 Å². The van der Waals surface area contributed by atoms with Gasteiger partial charge in [0.05, 0.1) is 34.1 Å². The molecule has 0 atom stereocenters. The van der Waals surface area contributed by atoms with Crippen LogP contribution in [0.2, 0.25) is 0 Å². The number of benzene rings is 4. The zero-order chi connectivity index (χ0) is 30.4. The molecule has 6 rings (SSSR count). The van der Waals surface area contributed by atoms with Gasteiger partial charge in [-0.3, -0.25) is 5.41 Å². The second-order valence-electron chi connectivity index (χ2n) is 9.54. The van der Waals surface area contributed by atoms with Gasteiger partial charge in [-0.2, -0.15) is 10.5 Å². The molecule has 1 aliphatic rings. The standard InChI is InChI=1S/C33H15F4N5O/c34-27-23(15-39)28(35)30(37)25(29(27)36)19-10-11-20-24(12-19)41-32(18-8-6-16(14-38)7-9-18)22-13-21(17-4-2-1-3-5-17)33(42-43)31(40)26(20)22/h1-13,40,43H/b40-31?,42-33-. The number of oxime groups is 1. The Morgan fingerprint density at radius 1 is 0.744 bits per heavy atom. The number of nitriles is 2. The van der Waals surface area contributed by atoms with Gasteiger partial charge in [-0.15, -0.1) is 0 Å². The Morgan fingerprint density at radius 2 is 1.40 bits per heavy atom. The second kappa shape index (κ2) is 10.4. The van der Waals surface area contributed by atoms with Gasteiger partial charge in [0.25, 0.3) is 0 Å². The van der Waals surface area contributed by atoms with Crippen molar-refractivity contribution in [3.63, 3.8) is 0 Å². The van der Waals surface area contributed by atoms with Gasteiger partial charge >= 0.3 is 0 Å². The van der Waals surface area contributed by atoms with Crippen LogP contribution in [0.25, 0.3) is 44.9 Å². The quantitative estimate of drug-likeness (QED) is 0.0999. The molecule has 0 aliphatic heterocycles. The van der Waals surface area contributed by atoms with Crippen molar-refractivity contribution in [3.8, 4) is 34.5 Å². The number of nitrogens with zero attached hydrogens (tertiary/aromatic N) is 4. The van der Waals surface area contributed by atoms with E-state index in [1.54, 1.807) is 54.6 Å². The maximum atomic E-state index is 15.0. The van der Waals surface area contributed by atoms with Gasteiger partial charge in [-0.05, 0) is 35.4 Å². The fraction of sp³-hybridized carbons (Fsp3) is 0. The minimum absolute atomic E-state index is 0.0330. The minimum Gasteiger partial charge on any atom is -0.410 e. The van der Waals surface area contributed by atoms with Gasteiger partial charge in [0, 0.05) is 27.6 Å². The number of aromatic nitrogens is 1. The molecule has 0 amide bonds. The molecule has 0 saturated carbocycles. The predicted octanol–water partition coefficient (Wildman–Crippen LogP) is 7.62. The van der Waals surface area contributed by atoms with Crippen LogP contribution in [0.1, 0.15) is 27.8 Å². The van der Waals surface area contributed by atoms with Crippen LogP contribution in [0.5, 0.6) is 0 Å². The molecule has 0 spiro atoms. The third-order valence-corrected chi connectivity index (χ3v) is 7.19. The normalized spacial score (nSPS) is 13.4. The summed E-state index contributed by atoms with van der Waals surface area (Å²) in [4.78, 5) is 4.74. The molecule has 0 radical (unpaired) electrons. The third-order valence-electron chi connectivity index (χ3n) is 7.19. The summed E-state index contributed by atoms with van der Waals surface area (Å²) in [6, 6.07) is 22.4. The Kier molecular flexibility index (Phi) is 6.52. The van der Waals surface area contributed by atoms with Gasteiger partial charge in [0.15, 0.2) is 23.3 Å². The van der Waals surface area contributed by atoms with Gasteiger partial charge in [0.1, 0.15) is 17.3 Å². The number of hydrogen-bond acceptors (Lipinski definition) is 6. The molecule has 0 bridgehead atoms. The number of rotatable bonds is 3. The summed E-state index contributed by atoms with van der Waals surface area (Å²) in [5.41, 5.74) is 0.401. The molecule has 4 aromatic carbocycles. The molecule has 6 nitrogen and oxygen atoms in total. The summed E-state index contributed by atoms with van der Waals surface area (Å²) >= 11 is 0. The lowest BCUT2D eigenvalue weighted by Crippen LogP contribution is -2.22. The van der Waals surface area contributed by atoms with Crippen LogP contribution in [0, 0.1) is 51.3 Å². The fourth-order valence-electron chi connectivity index (χ4n) is 5.16. The van der Waals surface area contributed by atoms with Crippen LogP contribution in [0.4, 0.5) is 17.6 Å². The molecule has 0 saturated heterocycles. The lowest BCUT2D eigenvalue weighted by atomic mass is 9.82. The van der Waals surface area contributed by atoms with Crippen molar-refractivity contribution in [3.05, 3.63) is 124 Å². The third kappa shape index (κ3) is 4.21. The van der Waals surface area contributed by atoms with Crippen molar-refractivity contribution in [1.29, 1.82) is 15.9 Å². The summed E-state index contributed by atoms with van der Waals surface area (Å²) < 4.78 is 58.9. The van der Waals surface area contributed by atoms with E-state index in [0.29, 0.717) is 44.5 Å². The van der Waals surface area contributed by atoms with Crippen molar-refractivity contribution < 1.29 is 22.8 Å². The Hall–Kier alpha value is -6.13. The molecule has 2 N–H and O–H groups in total. The average Bonchev–Trinajstić information content (AvgIpc) is 3.04. The SMILES string of the molecule is N#Cc1ccc(-c2nc3cc(-c4c(F)c(F)c(C#N)c(F)c4F)ccc3c3c2C=C(c2ccccc2)/C(=N/O)C3=N)cc1. The molecule has 206 valence electrons. The van der Waals surface area contributed by atoms with Crippen LogP contribution in [-0.2, 0) is 0 Å². The van der Waals surface area contributed by atoms with E-state index in [2.05, 4.69) is 5.16 Å². The molecular formula is C33H15F4N5O. The maximum absolute atomic E-state index is 15.0. The first-order valence-corrected chi connectivity index (χ1v) is 12.6. The van der Waals surface area contributed by atoms with E-state index < -0.39 is 34.4 Å². The first-order chi connectivity index (χ1) is 20.8. The monoisotopic (exact) mass is 573 g/mol. The van der Waals surface area contributed by atoms with Gasteiger partial charge < -0.3 is 5.21 Å². The summed E-state index contributed by atoms with van der Waals surface area (Å²) in [6.07, 6.45) is 1.72. The summed E-state index contributed by atoms with van der Waals surface area (Å²) in [6.45, 7) is 0. The highest BCUT2D eigenvalue weighted by molar-refractivity contribution is 6.65. The molecule has 0 fully saturated rings. The van der Waals surface area contributed by atoms with E-state index in [9.17, 15) is 28.0 Å². The molecule has 5 aromatic rings. The zero-order valence-corrected chi connectivity index (χ0v) is 21.8. The fourth-order valence-corrected chi connectivity index (χ4v) is 5.16. The number of nitrogens with one attached hydrogen (secondary N) is 1. The molecule has 1 aromatic heterocycles. The van der Waals surface area contributed by atoms with Crippen molar-refractivity contribution in [2.75, 3.05) is 0 Å². The molecular weight excluding hydrogens is 558 g/mol. The highest BCUT2D eigenvalue weighted by atomic mass is 19.2. The van der Waals surface area contributed by atoms with E-state index >= 15 is 0 Å². The smallest absolute Gasteiger partial charge is 0.180 e. The number of hydrogen-bond donors (Lipinski definition) is 2. The first-order valence-electron chi connectivity index (χ1n) is 12.6. The molecule has 1 heterocycles. The van der Waals surface area contributed by atoms with Crippen molar-refractivity contribution in [1.82, 2.24) is 4.98 Å². The molecule has 1 aliphatic carbocycles. The second-order valence-corrected chi connectivity index (χ2v) is 9.54. The Bertz CT molecular complexity index is 2130. The number of halogens is 4. The minimum atomic E-state index is -1.82. The maximum Gasteiger partial charge on any atom is 0.180 e. The Balaban J connectivity index is 1.69.